The Kier molecular flexibility index (Phi) is 8.56. The molecule has 0 radical (unpaired) electrons. The molecule has 0 fully saturated rings. The van der Waals surface area contributed by atoms with E-state index in [9.17, 15) is 19.5 Å². The summed E-state index contributed by atoms with van der Waals surface area (Å²) in [7, 11) is 0. The first-order valence-electron chi connectivity index (χ1n) is 9.50. The number of nitrogens with zero attached hydrogens (tertiary/aromatic N) is 1. The summed E-state index contributed by atoms with van der Waals surface area (Å²) >= 11 is 12.6. The second-order valence-corrected chi connectivity index (χ2v) is 7.64. The van der Waals surface area contributed by atoms with Crippen LogP contribution in [0.1, 0.15) is 31.1 Å². The van der Waals surface area contributed by atoms with Gasteiger partial charge in [0.1, 0.15) is 18.0 Å². The molecule has 9 nitrogen and oxygen atoms in total. The van der Waals surface area contributed by atoms with Gasteiger partial charge in [-0.25, -0.2) is 4.79 Å². The van der Waals surface area contributed by atoms with Gasteiger partial charge in [0.05, 0.1) is 27.9 Å². The van der Waals surface area contributed by atoms with E-state index in [1.54, 1.807) is 20.8 Å². The third-order valence-corrected chi connectivity index (χ3v) is 4.49. The molecule has 2 aromatic carbocycles. The van der Waals surface area contributed by atoms with Gasteiger partial charge in [0.15, 0.2) is 5.75 Å². The van der Waals surface area contributed by atoms with E-state index in [4.69, 9.17) is 37.8 Å². The van der Waals surface area contributed by atoms with Crippen molar-refractivity contribution in [2.24, 2.45) is 0 Å². The molecule has 0 spiro atoms. The topological polar surface area (TPSA) is 125 Å². The van der Waals surface area contributed by atoms with Crippen LogP contribution in [0.4, 0.5) is 10.5 Å². The zero-order valence-electron chi connectivity index (χ0n) is 17.5. The highest BCUT2D eigenvalue weighted by Crippen LogP contribution is 2.40. The van der Waals surface area contributed by atoms with E-state index in [2.05, 4.69) is 5.32 Å². The first-order chi connectivity index (χ1) is 15.0. The summed E-state index contributed by atoms with van der Waals surface area (Å²) in [5, 5.41) is 21.7. The molecule has 0 unspecified atom stereocenters. The fourth-order valence-electron chi connectivity index (χ4n) is 2.62. The van der Waals surface area contributed by atoms with Gasteiger partial charge in [-0.2, -0.15) is 0 Å². The standard InChI is InChI=1S/C21H22Cl2N2O7/c1-4-31-21(30)25(10-18(27)28)12-7-15(22)19(16(23)8-12)32-13-5-6-17(26)14(9-13)20(29)24-11(2)3/h5-9,11,26H,4,10H2,1-3H3,(H,24,29)(H,27,28). The number of anilines is 1. The van der Waals surface area contributed by atoms with Crippen molar-refractivity contribution in [1.82, 2.24) is 5.32 Å². The molecule has 0 aromatic heterocycles. The van der Waals surface area contributed by atoms with Gasteiger partial charge in [-0.05, 0) is 51.1 Å². The number of halogens is 2. The fraction of sp³-hybridized carbons (Fsp3) is 0.286. The van der Waals surface area contributed by atoms with E-state index in [0.717, 1.165) is 4.90 Å². The van der Waals surface area contributed by atoms with E-state index < -0.39 is 24.5 Å². The maximum absolute atomic E-state index is 12.3. The quantitative estimate of drug-likeness (QED) is 0.496. The van der Waals surface area contributed by atoms with Crippen molar-refractivity contribution in [3.8, 4) is 17.2 Å². The number of phenols is 1. The van der Waals surface area contributed by atoms with Gasteiger partial charge in [0.2, 0.25) is 0 Å². The van der Waals surface area contributed by atoms with Gasteiger partial charge in [0.25, 0.3) is 5.91 Å². The molecule has 2 rings (SSSR count). The summed E-state index contributed by atoms with van der Waals surface area (Å²) in [5.41, 5.74) is 0.0888. The van der Waals surface area contributed by atoms with Gasteiger partial charge < -0.3 is 25.0 Å². The van der Waals surface area contributed by atoms with Crippen LogP contribution >= 0.6 is 23.2 Å². The van der Waals surface area contributed by atoms with Gasteiger partial charge >= 0.3 is 12.1 Å². The van der Waals surface area contributed by atoms with Crippen LogP contribution in [0.5, 0.6) is 17.2 Å². The number of hydrogen-bond acceptors (Lipinski definition) is 6. The van der Waals surface area contributed by atoms with E-state index in [0.29, 0.717) is 0 Å². The number of carboxylic acids is 1. The molecule has 0 aliphatic carbocycles. The van der Waals surface area contributed by atoms with Gasteiger partial charge in [-0.3, -0.25) is 14.5 Å². The number of aliphatic carboxylic acids is 1. The predicted molar refractivity (Wildman–Crippen MR) is 119 cm³/mol. The monoisotopic (exact) mass is 484 g/mol. The largest absolute Gasteiger partial charge is 0.507 e. The molecule has 0 aliphatic rings. The average molecular weight is 485 g/mol. The lowest BCUT2D eigenvalue weighted by atomic mass is 10.1. The Morgan fingerprint density at radius 1 is 1.12 bits per heavy atom. The highest BCUT2D eigenvalue weighted by molar-refractivity contribution is 6.37. The van der Waals surface area contributed by atoms with Crippen molar-refractivity contribution in [3.05, 3.63) is 45.9 Å². The molecule has 32 heavy (non-hydrogen) atoms. The molecule has 0 saturated carbocycles. The number of hydrogen-bond donors (Lipinski definition) is 3. The zero-order valence-corrected chi connectivity index (χ0v) is 19.0. The summed E-state index contributed by atoms with van der Waals surface area (Å²) in [6, 6.07) is 6.48. The van der Waals surface area contributed by atoms with Crippen molar-refractivity contribution >= 4 is 46.9 Å². The third-order valence-electron chi connectivity index (χ3n) is 3.93. The minimum Gasteiger partial charge on any atom is -0.507 e. The number of rotatable bonds is 8. The summed E-state index contributed by atoms with van der Waals surface area (Å²) in [4.78, 5) is 36.4. The van der Waals surface area contributed by atoms with Crippen LogP contribution in [0.25, 0.3) is 0 Å². The minimum absolute atomic E-state index is 0.00462. The summed E-state index contributed by atoms with van der Waals surface area (Å²) in [6.45, 7) is 4.52. The molecular formula is C21H22Cl2N2O7. The van der Waals surface area contributed by atoms with Crippen LogP contribution in [0.2, 0.25) is 10.0 Å². The second-order valence-electron chi connectivity index (χ2n) is 6.83. The van der Waals surface area contributed by atoms with E-state index in [-0.39, 0.29) is 51.2 Å². The first kappa shape index (κ1) is 25.1. The lowest BCUT2D eigenvalue weighted by molar-refractivity contribution is -0.135. The molecule has 2 amide bonds. The number of amides is 2. The normalized spacial score (nSPS) is 10.6. The van der Waals surface area contributed by atoms with Crippen LogP contribution in [0.15, 0.2) is 30.3 Å². The Morgan fingerprint density at radius 3 is 2.28 bits per heavy atom. The van der Waals surface area contributed by atoms with E-state index in [1.807, 2.05) is 0 Å². The number of ether oxygens (including phenoxy) is 2. The number of carbonyl (C=O) groups is 3. The third kappa shape index (κ3) is 6.41. The molecule has 0 heterocycles. The van der Waals surface area contributed by atoms with Crippen molar-refractivity contribution in [3.63, 3.8) is 0 Å². The second kappa shape index (κ2) is 10.9. The fourth-order valence-corrected chi connectivity index (χ4v) is 3.17. The van der Waals surface area contributed by atoms with E-state index >= 15 is 0 Å². The van der Waals surface area contributed by atoms with Crippen molar-refractivity contribution in [1.29, 1.82) is 0 Å². The van der Waals surface area contributed by atoms with Crippen molar-refractivity contribution < 1.29 is 34.1 Å². The maximum atomic E-state index is 12.3. The number of nitrogens with one attached hydrogen (secondary N) is 1. The summed E-state index contributed by atoms with van der Waals surface area (Å²) in [5.74, 6) is -1.81. The number of carboxylic acid groups (broad SMARTS) is 1. The van der Waals surface area contributed by atoms with Crippen LogP contribution < -0.4 is 15.0 Å². The van der Waals surface area contributed by atoms with Gasteiger partial charge in [0, 0.05) is 6.04 Å². The van der Waals surface area contributed by atoms with Crippen LogP contribution in [0, 0.1) is 0 Å². The van der Waals surface area contributed by atoms with Crippen LogP contribution in [-0.4, -0.2) is 47.4 Å². The summed E-state index contributed by atoms with van der Waals surface area (Å²) in [6.07, 6.45) is -0.880. The predicted octanol–water partition coefficient (Wildman–Crippen LogP) is 4.68. The molecule has 11 heteroatoms. The molecule has 2 aromatic rings. The van der Waals surface area contributed by atoms with Gasteiger partial charge in [-0.1, -0.05) is 23.2 Å². The smallest absolute Gasteiger partial charge is 0.414 e. The minimum atomic E-state index is -1.26. The Bertz CT molecular complexity index is 1000. The Balaban J connectivity index is 2.37. The average Bonchev–Trinajstić information content (AvgIpc) is 2.69. The van der Waals surface area contributed by atoms with Crippen molar-refractivity contribution in [2.45, 2.75) is 26.8 Å². The van der Waals surface area contributed by atoms with Crippen LogP contribution in [0.3, 0.4) is 0 Å². The zero-order chi connectivity index (χ0) is 24.0. The Morgan fingerprint density at radius 2 is 1.75 bits per heavy atom. The maximum Gasteiger partial charge on any atom is 0.414 e. The lowest BCUT2D eigenvalue weighted by Crippen LogP contribution is -2.36. The number of benzene rings is 2. The van der Waals surface area contributed by atoms with Gasteiger partial charge in [-0.15, -0.1) is 0 Å². The molecule has 0 bridgehead atoms. The lowest BCUT2D eigenvalue weighted by Gasteiger charge is -2.21. The Labute approximate surface area is 194 Å². The van der Waals surface area contributed by atoms with Crippen molar-refractivity contribution in [2.75, 3.05) is 18.1 Å². The highest BCUT2D eigenvalue weighted by atomic mass is 35.5. The molecule has 0 aliphatic heterocycles. The molecule has 0 atom stereocenters. The van der Waals surface area contributed by atoms with E-state index in [1.165, 1.54) is 30.3 Å². The first-order valence-corrected chi connectivity index (χ1v) is 10.3. The molecular weight excluding hydrogens is 463 g/mol. The van der Waals surface area contributed by atoms with Crippen LogP contribution in [-0.2, 0) is 9.53 Å². The molecule has 3 N–H and O–H groups in total. The Hall–Kier alpha value is -3.17. The number of phenolic OH excluding ortho intramolecular Hbond substituents is 1. The SMILES string of the molecule is CCOC(=O)N(CC(=O)O)c1cc(Cl)c(Oc2ccc(O)c(C(=O)NC(C)C)c2)c(Cl)c1. The highest BCUT2D eigenvalue weighted by Gasteiger charge is 2.23. The number of aromatic hydroxyl groups is 1. The summed E-state index contributed by atoms with van der Waals surface area (Å²) < 4.78 is 10.6. The number of carbonyl (C=O) groups excluding carboxylic acids is 2. The molecule has 0 saturated heterocycles. The molecule has 172 valence electrons.